The number of carbonyl (C=O) groups excluding carboxylic acids is 1. The number of alkyl halides is 2. The van der Waals surface area contributed by atoms with E-state index in [-0.39, 0.29) is 17.7 Å². The second-order valence-corrected chi connectivity index (χ2v) is 5.75. The van der Waals surface area contributed by atoms with Gasteiger partial charge in [0.15, 0.2) is 0 Å². The van der Waals surface area contributed by atoms with E-state index in [1.807, 2.05) is 0 Å². The van der Waals surface area contributed by atoms with E-state index < -0.39 is 23.7 Å². The zero-order valence-electron chi connectivity index (χ0n) is 12.1. The van der Waals surface area contributed by atoms with Crippen LogP contribution in [0.25, 0.3) is 0 Å². The molecule has 1 aliphatic rings. The van der Waals surface area contributed by atoms with E-state index in [0.717, 1.165) is 19.3 Å². The van der Waals surface area contributed by atoms with Gasteiger partial charge in [-0.1, -0.05) is 31.4 Å². The lowest BCUT2D eigenvalue weighted by atomic mass is 9.74. The van der Waals surface area contributed by atoms with E-state index in [1.54, 1.807) is 0 Å². The Balaban J connectivity index is 2.00. The van der Waals surface area contributed by atoms with Gasteiger partial charge in [0, 0.05) is 17.7 Å². The van der Waals surface area contributed by atoms with Crippen molar-refractivity contribution in [3.63, 3.8) is 0 Å². The van der Waals surface area contributed by atoms with Crippen molar-refractivity contribution in [2.24, 2.45) is 5.41 Å². The minimum atomic E-state index is -2.57. The van der Waals surface area contributed by atoms with Crippen molar-refractivity contribution in [1.82, 2.24) is 5.32 Å². The third-order valence-electron chi connectivity index (χ3n) is 4.28. The molecule has 1 saturated carbocycles. The Hall–Kier alpha value is -1.98. The normalized spacial score (nSPS) is 17.2. The number of carboxylic acid groups (broad SMARTS) is 1. The van der Waals surface area contributed by atoms with Gasteiger partial charge in [-0.15, -0.1) is 0 Å². The Labute approximate surface area is 127 Å². The molecule has 0 radical (unpaired) electrons. The third-order valence-corrected chi connectivity index (χ3v) is 4.28. The fourth-order valence-electron chi connectivity index (χ4n) is 2.83. The van der Waals surface area contributed by atoms with Crippen molar-refractivity contribution in [2.45, 2.75) is 38.5 Å². The van der Waals surface area contributed by atoms with E-state index in [0.29, 0.717) is 12.8 Å². The van der Waals surface area contributed by atoms with Crippen LogP contribution in [-0.4, -0.2) is 23.5 Å². The van der Waals surface area contributed by atoms with E-state index >= 15 is 0 Å². The number of rotatable bonds is 5. The van der Waals surface area contributed by atoms with Crippen molar-refractivity contribution in [2.75, 3.05) is 6.54 Å². The molecule has 1 aromatic rings. The van der Waals surface area contributed by atoms with E-state index in [4.69, 9.17) is 0 Å². The molecular formula is C16H19F2NO3. The minimum Gasteiger partial charge on any atom is -0.481 e. The van der Waals surface area contributed by atoms with Gasteiger partial charge in [-0.25, -0.2) is 8.78 Å². The molecule has 0 spiro atoms. The lowest BCUT2D eigenvalue weighted by Gasteiger charge is -2.33. The lowest BCUT2D eigenvalue weighted by molar-refractivity contribution is -0.150. The number of hydrogen-bond acceptors (Lipinski definition) is 2. The Bertz CT molecular complexity index is 537. The molecule has 4 nitrogen and oxygen atoms in total. The van der Waals surface area contributed by atoms with Crippen molar-refractivity contribution in [3.8, 4) is 0 Å². The standard InChI is InChI=1S/C16H19F2NO3/c17-13(18)11-4-6-12(7-5-11)14(20)19-10-16(15(21)22)8-2-1-3-9-16/h4-7,13H,1-3,8-10H2,(H,19,20)(H,21,22). The molecule has 0 aromatic heterocycles. The first kappa shape index (κ1) is 16.4. The summed E-state index contributed by atoms with van der Waals surface area (Å²) in [6, 6.07) is 5.05. The highest BCUT2D eigenvalue weighted by Crippen LogP contribution is 2.36. The Kier molecular flexibility index (Phi) is 5.11. The average molecular weight is 311 g/mol. The fourth-order valence-corrected chi connectivity index (χ4v) is 2.83. The summed E-state index contributed by atoms with van der Waals surface area (Å²) in [6.45, 7) is 0.0672. The molecule has 1 aromatic carbocycles. The third kappa shape index (κ3) is 3.61. The molecule has 0 atom stereocenters. The number of hydrogen-bond donors (Lipinski definition) is 2. The van der Waals surface area contributed by atoms with Gasteiger partial charge in [0.25, 0.3) is 12.3 Å². The van der Waals surface area contributed by atoms with Crippen LogP contribution in [0.1, 0.15) is 54.5 Å². The maximum absolute atomic E-state index is 12.5. The maximum Gasteiger partial charge on any atom is 0.311 e. The highest BCUT2D eigenvalue weighted by molar-refractivity contribution is 5.94. The molecule has 0 aliphatic heterocycles. The molecule has 2 rings (SSSR count). The molecule has 1 aliphatic carbocycles. The van der Waals surface area contributed by atoms with E-state index in [9.17, 15) is 23.5 Å². The van der Waals surface area contributed by atoms with Gasteiger partial charge in [0.05, 0.1) is 5.41 Å². The zero-order valence-corrected chi connectivity index (χ0v) is 12.1. The van der Waals surface area contributed by atoms with Gasteiger partial charge < -0.3 is 10.4 Å². The number of amides is 1. The van der Waals surface area contributed by atoms with Crippen molar-refractivity contribution < 1.29 is 23.5 Å². The number of aliphatic carboxylic acids is 1. The highest BCUT2D eigenvalue weighted by atomic mass is 19.3. The number of halogens is 2. The zero-order chi connectivity index (χ0) is 16.2. The first-order chi connectivity index (χ1) is 10.4. The van der Waals surface area contributed by atoms with Crippen LogP contribution >= 0.6 is 0 Å². The topological polar surface area (TPSA) is 66.4 Å². The van der Waals surface area contributed by atoms with Crippen LogP contribution < -0.4 is 5.32 Å². The van der Waals surface area contributed by atoms with Gasteiger partial charge in [0.1, 0.15) is 0 Å². The van der Waals surface area contributed by atoms with Gasteiger partial charge in [0.2, 0.25) is 0 Å². The van der Waals surface area contributed by atoms with Crippen molar-refractivity contribution in [1.29, 1.82) is 0 Å². The first-order valence-electron chi connectivity index (χ1n) is 7.34. The quantitative estimate of drug-likeness (QED) is 0.876. The summed E-state index contributed by atoms with van der Waals surface area (Å²) in [6.07, 6.45) is 1.21. The monoisotopic (exact) mass is 311 g/mol. The van der Waals surface area contributed by atoms with Gasteiger partial charge >= 0.3 is 5.97 Å². The predicted molar refractivity (Wildman–Crippen MR) is 76.9 cm³/mol. The molecule has 2 N–H and O–H groups in total. The van der Waals surface area contributed by atoms with Crippen LogP contribution in [0.4, 0.5) is 8.78 Å². The van der Waals surface area contributed by atoms with Gasteiger partial charge in [-0.2, -0.15) is 0 Å². The Morgan fingerprint density at radius 1 is 1.14 bits per heavy atom. The molecule has 1 fully saturated rings. The average Bonchev–Trinajstić information content (AvgIpc) is 2.53. The van der Waals surface area contributed by atoms with Crippen LogP contribution in [0.2, 0.25) is 0 Å². The minimum absolute atomic E-state index is 0.0672. The predicted octanol–water partition coefficient (Wildman–Crippen LogP) is 3.39. The van der Waals surface area contributed by atoms with Crippen LogP contribution in [0, 0.1) is 5.41 Å². The molecule has 120 valence electrons. The summed E-state index contributed by atoms with van der Waals surface area (Å²) < 4.78 is 24.9. The number of carboxylic acids is 1. The van der Waals surface area contributed by atoms with Crippen molar-refractivity contribution >= 4 is 11.9 Å². The summed E-state index contributed by atoms with van der Waals surface area (Å²) in [5, 5.41) is 12.1. The number of carbonyl (C=O) groups is 2. The van der Waals surface area contributed by atoms with E-state index in [2.05, 4.69) is 5.32 Å². The summed E-state index contributed by atoms with van der Waals surface area (Å²) in [7, 11) is 0. The molecule has 0 saturated heterocycles. The Morgan fingerprint density at radius 2 is 1.73 bits per heavy atom. The largest absolute Gasteiger partial charge is 0.481 e. The summed E-state index contributed by atoms with van der Waals surface area (Å²) >= 11 is 0. The fraction of sp³-hybridized carbons (Fsp3) is 0.500. The molecule has 0 heterocycles. The molecule has 1 amide bonds. The van der Waals surface area contributed by atoms with E-state index in [1.165, 1.54) is 24.3 Å². The smallest absolute Gasteiger partial charge is 0.311 e. The van der Waals surface area contributed by atoms with Crippen LogP contribution in [0.5, 0.6) is 0 Å². The maximum atomic E-state index is 12.5. The second kappa shape index (κ2) is 6.85. The molecule has 22 heavy (non-hydrogen) atoms. The van der Waals surface area contributed by atoms with Gasteiger partial charge in [-0.3, -0.25) is 9.59 Å². The van der Waals surface area contributed by atoms with Crippen LogP contribution in [0.3, 0.4) is 0 Å². The van der Waals surface area contributed by atoms with Crippen LogP contribution in [-0.2, 0) is 4.79 Å². The second-order valence-electron chi connectivity index (χ2n) is 5.75. The first-order valence-corrected chi connectivity index (χ1v) is 7.34. The molecule has 0 unspecified atom stereocenters. The number of benzene rings is 1. The van der Waals surface area contributed by atoms with Crippen LogP contribution in [0.15, 0.2) is 24.3 Å². The lowest BCUT2D eigenvalue weighted by Crippen LogP contribution is -2.44. The number of nitrogens with one attached hydrogen (secondary N) is 1. The summed E-state index contributed by atoms with van der Waals surface area (Å²) in [4.78, 5) is 23.6. The SMILES string of the molecule is O=C(NCC1(C(=O)O)CCCCC1)c1ccc(C(F)F)cc1. The highest BCUT2D eigenvalue weighted by Gasteiger charge is 2.39. The molecule has 6 heteroatoms. The van der Waals surface area contributed by atoms with Crippen molar-refractivity contribution in [3.05, 3.63) is 35.4 Å². The molecule has 0 bridgehead atoms. The summed E-state index contributed by atoms with van der Waals surface area (Å²) in [5.41, 5.74) is -0.803. The molecular weight excluding hydrogens is 292 g/mol. The summed E-state index contributed by atoms with van der Waals surface area (Å²) in [5.74, 6) is -1.33. The van der Waals surface area contributed by atoms with Gasteiger partial charge in [-0.05, 0) is 25.0 Å². The Morgan fingerprint density at radius 3 is 2.23 bits per heavy atom.